The lowest BCUT2D eigenvalue weighted by Gasteiger charge is -2.05. The van der Waals surface area contributed by atoms with Crippen molar-refractivity contribution in [3.05, 3.63) is 70.9 Å². The Morgan fingerprint density at radius 3 is 2.48 bits per heavy atom. The lowest BCUT2D eigenvalue weighted by atomic mass is 10.1. The predicted octanol–water partition coefficient (Wildman–Crippen LogP) is 4.52. The van der Waals surface area contributed by atoms with Crippen LogP contribution >= 0.6 is 0 Å². The molecule has 0 amide bonds. The molecule has 2 aromatic carbocycles. The van der Waals surface area contributed by atoms with Gasteiger partial charge in [-0.25, -0.2) is 9.79 Å². The Hall–Kier alpha value is -2.88. The third kappa shape index (κ3) is 4.35. The fourth-order valence-electron chi connectivity index (χ4n) is 2.38. The molecule has 128 valence electrons. The lowest BCUT2D eigenvalue weighted by molar-refractivity contribution is -0.129. The van der Waals surface area contributed by atoms with E-state index in [0.29, 0.717) is 18.2 Å². The SMILES string of the molecule is CCCCOc1ccc(C2=NC(=Cc3ccc(C)cc3)C(=O)O2)cc1. The second-order valence-electron chi connectivity index (χ2n) is 5.97. The number of aliphatic imine (C=N–C) groups is 1. The summed E-state index contributed by atoms with van der Waals surface area (Å²) in [4.78, 5) is 16.4. The van der Waals surface area contributed by atoms with E-state index in [4.69, 9.17) is 9.47 Å². The van der Waals surface area contributed by atoms with Gasteiger partial charge in [-0.2, -0.15) is 0 Å². The summed E-state index contributed by atoms with van der Waals surface area (Å²) in [6, 6.07) is 15.3. The van der Waals surface area contributed by atoms with Crippen LogP contribution < -0.4 is 4.74 Å². The predicted molar refractivity (Wildman–Crippen MR) is 98.6 cm³/mol. The molecule has 0 saturated heterocycles. The number of aryl methyl sites for hydroxylation is 1. The standard InChI is InChI=1S/C21H21NO3/c1-3-4-13-24-18-11-9-17(10-12-18)20-22-19(21(23)25-20)14-16-7-5-15(2)6-8-16/h5-12,14H,3-4,13H2,1-2H3. The number of benzene rings is 2. The first-order chi connectivity index (χ1) is 12.2. The number of rotatable bonds is 6. The number of cyclic esters (lactones) is 1. The van der Waals surface area contributed by atoms with Gasteiger partial charge in [0.1, 0.15) is 5.75 Å². The van der Waals surface area contributed by atoms with Gasteiger partial charge in [0.05, 0.1) is 6.61 Å². The minimum atomic E-state index is -0.432. The van der Waals surface area contributed by atoms with Gasteiger partial charge in [-0.15, -0.1) is 0 Å². The topological polar surface area (TPSA) is 47.9 Å². The van der Waals surface area contributed by atoms with Gasteiger partial charge < -0.3 is 9.47 Å². The maximum absolute atomic E-state index is 12.0. The normalized spacial score (nSPS) is 15.2. The molecule has 0 radical (unpaired) electrons. The molecule has 2 aromatic rings. The number of nitrogens with zero attached hydrogens (tertiary/aromatic N) is 1. The molecular formula is C21H21NO3. The number of carbonyl (C=O) groups is 1. The van der Waals surface area contributed by atoms with E-state index < -0.39 is 5.97 Å². The van der Waals surface area contributed by atoms with E-state index in [0.717, 1.165) is 29.7 Å². The van der Waals surface area contributed by atoms with Crippen LogP contribution in [-0.4, -0.2) is 18.5 Å². The molecule has 0 saturated carbocycles. The molecule has 25 heavy (non-hydrogen) atoms. The largest absolute Gasteiger partial charge is 0.494 e. The van der Waals surface area contributed by atoms with Gasteiger partial charge >= 0.3 is 5.97 Å². The van der Waals surface area contributed by atoms with Crippen molar-refractivity contribution in [3.8, 4) is 5.75 Å². The van der Waals surface area contributed by atoms with Crippen molar-refractivity contribution in [2.75, 3.05) is 6.61 Å². The molecule has 1 heterocycles. The van der Waals surface area contributed by atoms with Gasteiger partial charge in [-0.05, 0) is 49.2 Å². The van der Waals surface area contributed by atoms with E-state index in [-0.39, 0.29) is 0 Å². The molecule has 0 bridgehead atoms. The Bertz CT molecular complexity index is 802. The summed E-state index contributed by atoms with van der Waals surface area (Å²) in [5.74, 6) is 0.694. The number of hydrogen-bond donors (Lipinski definition) is 0. The Labute approximate surface area is 147 Å². The van der Waals surface area contributed by atoms with Gasteiger partial charge in [0.2, 0.25) is 5.90 Å². The first kappa shape index (κ1) is 17.0. The summed E-state index contributed by atoms with van der Waals surface area (Å²) in [6.07, 6.45) is 3.86. The molecule has 0 aliphatic carbocycles. The molecule has 0 aromatic heterocycles. The summed E-state index contributed by atoms with van der Waals surface area (Å²) in [6.45, 7) is 4.85. The smallest absolute Gasteiger partial charge is 0.363 e. The molecule has 0 atom stereocenters. The molecule has 1 aliphatic rings. The number of hydrogen-bond acceptors (Lipinski definition) is 4. The Morgan fingerprint density at radius 1 is 1.08 bits per heavy atom. The second kappa shape index (κ2) is 7.79. The Morgan fingerprint density at radius 2 is 1.80 bits per heavy atom. The first-order valence-electron chi connectivity index (χ1n) is 8.48. The van der Waals surface area contributed by atoms with Crippen LogP contribution in [0, 0.1) is 6.92 Å². The van der Waals surface area contributed by atoms with E-state index >= 15 is 0 Å². The average Bonchev–Trinajstić information content (AvgIpc) is 2.98. The molecule has 1 aliphatic heterocycles. The fourth-order valence-corrected chi connectivity index (χ4v) is 2.38. The monoisotopic (exact) mass is 335 g/mol. The molecular weight excluding hydrogens is 314 g/mol. The molecule has 3 rings (SSSR count). The summed E-state index contributed by atoms with van der Waals surface area (Å²) >= 11 is 0. The van der Waals surface area contributed by atoms with Gasteiger partial charge in [0.25, 0.3) is 0 Å². The van der Waals surface area contributed by atoms with E-state index in [1.165, 1.54) is 5.56 Å². The van der Waals surface area contributed by atoms with Crippen molar-refractivity contribution >= 4 is 17.9 Å². The molecule has 0 N–H and O–H groups in total. The van der Waals surface area contributed by atoms with Crippen LogP contribution in [0.4, 0.5) is 0 Å². The highest BCUT2D eigenvalue weighted by atomic mass is 16.6. The van der Waals surface area contributed by atoms with E-state index in [1.54, 1.807) is 6.08 Å². The number of unbranched alkanes of at least 4 members (excludes halogenated alkanes) is 1. The van der Waals surface area contributed by atoms with Gasteiger partial charge in [0, 0.05) is 5.56 Å². The zero-order valence-electron chi connectivity index (χ0n) is 14.5. The quantitative estimate of drug-likeness (QED) is 0.443. The Balaban J connectivity index is 1.74. The highest BCUT2D eigenvalue weighted by Crippen LogP contribution is 2.21. The summed E-state index contributed by atoms with van der Waals surface area (Å²) in [5.41, 5.74) is 3.15. The molecule has 0 spiro atoms. The minimum Gasteiger partial charge on any atom is -0.494 e. The third-order valence-corrected chi connectivity index (χ3v) is 3.87. The van der Waals surface area contributed by atoms with Crippen molar-refractivity contribution in [2.24, 2.45) is 4.99 Å². The zero-order chi connectivity index (χ0) is 17.6. The first-order valence-corrected chi connectivity index (χ1v) is 8.48. The summed E-state index contributed by atoms with van der Waals surface area (Å²) < 4.78 is 10.9. The van der Waals surface area contributed by atoms with Crippen LogP contribution in [-0.2, 0) is 9.53 Å². The summed E-state index contributed by atoms with van der Waals surface area (Å²) in [7, 11) is 0. The van der Waals surface area contributed by atoms with Gasteiger partial charge in [-0.3, -0.25) is 0 Å². The molecule has 4 heteroatoms. The number of esters is 1. The van der Waals surface area contributed by atoms with Crippen LogP contribution in [0.15, 0.2) is 59.2 Å². The second-order valence-corrected chi connectivity index (χ2v) is 5.97. The lowest BCUT2D eigenvalue weighted by Crippen LogP contribution is -2.05. The van der Waals surface area contributed by atoms with Crippen molar-refractivity contribution in [1.29, 1.82) is 0 Å². The highest BCUT2D eigenvalue weighted by molar-refractivity contribution is 6.12. The number of ether oxygens (including phenoxy) is 2. The van der Waals surface area contributed by atoms with Crippen LogP contribution in [0.2, 0.25) is 0 Å². The minimum absolute atomic E-state index is 0.308. The zero-order valence-corrected chi connectivity index (χ0v) is 14.5. The van der Waals surface area contributed by atoms with Gasteiger partial charge in [0.15, 0.2) is 5.70 Å². The molecule has 0 unspecified atom stereocenters. The van der Waals surface area contributed by atoms with Crippen molar-refractivity contribution < 1.29 is 14.3 Å². The average molecular weight is 335 g/mol. The van der Waals surface area contributed by atoms with Crippen LogP contribution in [0.25, 0.3) is 6.08 Å². The third-order valence-electron chi connectivity index (χ3n) is 3.87. The Kier molecular flexibility index (Phi) is 5.29. The van der Waals surface area contributed by atoms with E-state index in [9.17, 15) is 4.79 Å². The van der Waals surface area contributed by atoms with Crippen LogP contribution in [0.1, 0.15) is 36.5 Å². The fraction of sp³-hybridized carbons (Fsp3) is 0.238. The maximum atomic E-state index is 12.0. The maximum Gasteiger partial charge on any atom is 0.363 e. The molecule has 0 fully saturated rings. The van der Waals surface area contributed by atoms with Crippen molar-refractivity contribution in [2.45, 2.75) is 26.7 Å². The van der Waals surface area contributed by atoms with E-state index in [1.807, 2.05) is 55.5 Å². The van der Waals surface area contributed by atoms with Gasteiger partial charge in [-0.1, -0.05) is 43.2 Å². The van der Waals surface area contributed by atoms with E-state index in [2.05, 4.69) is 11.9 Å². The van der Waals surface area contributed by atoms with Crippen LogP contribution in [0.5, 0.6) is 5.75 Å². The number of carbonyl (C=O) groups excluding carboxylic acids is 1. The molecule has 4 nitrogen and oxygen atoms in total. The van der Waals surface area contributed by atoms with Crippen molar-refractivity contribution in [3.63, 3.8) is 0 Å². The summed E-state index contributed by atoms with van der Waals surface area (Å²) in [5, 5.41) is 0. The van der Waals surface area contributed by atoms with Crippen LogP contribution in [0.3, 0.4) is 0 Å². The van der Waals surface area contributed by atoms with Crippen molar-refractivity contribution in [1.82, 2.24) is 0 Å². The highest BCUT2D eigenvalue weighted by Gasteiger charge is 2.24.